The Morgan fingerprint density at radius 2 is 1.11 bits per heavy atom. The molecule has 136 valence electrons. The number of ether oxygens (including phenoxy) is 1. The Morgan fingerprint density at radius 1 is 0.778 bits per heavy atom. The van der Waals surface area contributed by atoms with E-state index in [0.717, 1.165) is 15.9 Å². The van der Waals surface area contributed by atoms with Crippen LogP contribution >= 0.6 is 19.1 Å². The topological polar surface area (TPSA) is 52.3 Å². The lowest BCUT2D eigenvalue weighted by Gasteiger charge is -2.31. The summed E-state index contributed by atoms with van der Waals surface area (Å²) in [5.41, 5.74) is 6.13. The molecule has 0 heterocycles. The van der Waals surface area contributed by atoms with Crippen LogP contribution in [0.4, 0.5) is 0 Å². The van der Waals surface area contributed by atoms with Crippen molar-refractivity contribution in [2.45, 2.75) is 0 Å². The van der Waals surface area contributed by atoms with E-state index in [2.05, 4.69) is 0 Å². The van der Waals surface area contributed by atoms with Gasteiger partial charge < -0.3 is 10.5 Å². The van der Waals surface area contributed by atoms with Crippen molar-refractivity contribution >= 4 is 51.3 Å². The van der Waals surface area contributed by atoms with E-state index in [1.54, 1.807) is 0 Å². The van der Waals surface area contributed by atoms with Crippen molar-refractivity contribution in [3.8, 4) is 0 Å². The van der Waals surface area contributed by atoms with Gasteiger partial charge in [-0.2, -0.15) is 0 Å². The molecule has 0 aliphatic rings. The number of methoxy groups -OCH3 is 1. The van der Waals surface area contributed by atoms with Crippen LogP contribution in [0, 0.1) is 0 Å². The lowest BCUT2D eigenvalue weighted by atomic mass is 10.3. The first kappa shape index (κ1) is 19.1. The van der Waals surface area contributed by atoms with Crippen LogP contribution in [0.1, 0.15) is 0 Å². The summed E-state index contributed by atoms with van der Waals surface area (Å²) in [5, 5.41) is 3.34. The highest BCUT2D eigenvalue weighted by Crippen LogP contribution is 2.46. The first-order valence-corrected chi connectivity index (χ1v) is 10.6. The van der Waals surface area contributed by atoms with Gasteiger partial charge in [0.2, 0.25) is 0 Å². The summed E-state index contributed by atoms with van der Waals surface area (Å²) in [6.45, 7) is -2.62. The summed E-state index contributed by atoms with van der Waals surface area (Å²) in [5.74, 6) is -0.493. The first-order chi connectivity index (χ1) is 13.1. The number of carbonyl (C=O) groups excluding carboxylic acids is 1. The van der Waals surface area contributed by atoms with Gasteiger partial charge in [0.25, 0.3) is 0 Å². The number of thiocarbonyl (C=S) groups is 1. The predicted molar refractivity (Wildman–Crippen MR) is 119 cm³/mol. The number of carbonyl (C=O) groups is 1. The summed E-state index contributed by atoms with van der Waals surface area (Å²) in [6, 6.07) is 29.8. The Labute approximate surface area is 164 Å². The Kier molecular flexibility index (Phi) is 5.90. The zero-order chi connectivity index (χ0) is 19.3. The van der Waals surface area contributed by atoms with Crippen LogP contribution in [0.5, 0.6) is 0 Å². The summed E-state index contributed by atoms with van der Waals surface area (Å²) < 4.78 is 5.13. The molecule has 3 aromatic rings. The van der Waals surface area contributed by atoms with Crippen molar-refractivity contribution in [3.05, 3.63) is 91.0 Å². The predicted octanol–water partition coefficient (Wildman–Crippen LogP) is 2.61. The lowest BCUT2D eigenvalue weighted by Crippen LogP contribution is -2.40. The van der Waals surface area contributed by atoms with Gasteiger partial charge in [-0.15, -0.1) is 0 Å². The average molecular weight is 393 g/mol. The van der Waals surface area contributed by atoms with E-state index in [1.165, 1.54) is 7.11 Å². The van der Waals surface area contributed by atoms with E-state index in [0.29, 0.717) is 5.29 Å². The van der Waals surface area contributed by atoms with E-state index in [-0.39, 0.29) is 4.99 Å². The van der Waals surface area contributed by atoms with Crippen LogP contribution in [0.2, 0.25) is 0 Å². The van der Waals surface area contributed by atoms with Gasteiger partial charge in [-0.25, -0.2) is 4.79 Å². The van der Waals surface area contributed by atoms with Gasteiger partial charge >= 0.3 is 5.97 Å². The minimum atomic E-state index is -2.62. The summed E-state index contributed by atoms with van der Waals surface area (Å²) >= 11 is 5.38. The maximum Gasteiger partial charge on any atom is 0.341 e. The minimum Gasteiger partial charge on any atom is -0.465 e. The standard InChI is InChI=1S/C22H20NO2PS/c1-25-22(24)20(21(23)27)26(17-11-5-2-6-12-17,18-13-7-3-8-14-18)19-15-9-4-10-16-19/h2-16H,1H3,(H2,23,27). The van der Waals surface area contributed by atoms with Gasteiger partial charge in [0.1, 0.15) is 10.3 Å². The van der Waals surface area contributed by atoms with Gasteiger partial charge in [0, 0.05) is 0 Å². The van der Waals surface area contributed by atoms with Crippen molar-refractivity contribution in [3.63, 3.8) is 0 Å². The molecule has 0 aromatic heterocycles. The van der Waals surface area contributed by atoms with Crippen LogP contribution in [-0.2, 0) is 9.53 Å². The molecule has 2 N–H and O–H groups in total. The number of hydrogen-bond donors (Lipinski definition) is 1. The van der Waals surface area contributed by atoms with E-state index in [9.17, 15) is 4.79 Å². The molecule has 3 nitrogen and oxygen atoms in total. The van der Waals surface area contributed by atoms with Crippen LogP contribution in [0.15, 0.2) is 91.0 Å². The van der Waals surface area contributed by atoms with E-state index in [1.807, 2.05) is 91.0 Å². The van der Waals surface area contributed by atoms with Crippen molar-refractivity contribution < 1.29 is 9.53 Å². The van der Waals surface area contributed by atoms with Crippen molar-refractivity contribution in [2.24, 2.45) is 5.73 Å². The van der Waals surface area contributed by atoms with Crippen molar-refractivity contribution in [1.82, 2.24) is 0 Å². The molecule has 5 heteroatoms. The third kappa shape index (κ3) is 3.46. The highest BCUT2D eigenvalue weighted by molar-refractivity contribution is 8.00. The van der Waals surface area contributed by atoms with Crippen LogP contribution in [-0.4, -0.2) is 23.4 Å². The third-order valence-corrected chi connectivity index (χ3v) is 9.05. The Hall–Kier alpha value is -2.68. The largest absolute Gasteiger partial charge is 0.465 e. The van der Waals surface area contributed by atoms with Gasteiger partial charge in [-0.1, -0.05) is 103 Å². The molecular formula is C22H20NO2PS. The van der Waals surface area contributed by atoms with Crippen LogP contribution in [0.3, 0.4) is 0 Å². The normalized spacial score (nSPS) is 10.9. The van der Waals surface area contributed by atoms with E-state index >= 15 is 0 Å². The molecule has 3 rings (SSSR count). The maximum atomic E-state index is 12.9. The Bertz CT molecular complexity index is 899. The Morgan fingerprint density at radius 3 is 1.37 bits per heavy atom. The van der Waals surface area contributed by atoms with Crippen LogP contribution < -0.4 is 21.6 Å². The fraction of sp³-hybridized carbons (Fsp3) is 0.0455. The minimum absolute atomic E-state index is 0.0618. The molecule has 0 bridgehead atoms. The fourth-order valence-electron chi connectivity index (χ4n) is 3.29. The van der Waals surface area contributed by atoms with Gasteiger partial charge in [-0.05, 0) is 22.8 Å². The number of rotatable bonds is 5. The zero-order valence-corrected chi connectivity index (χ0v) is 16.6. The molecule has 0 radical (unpaired) electrons. The Balaban J connectivity index is 2.63. The highest BCUT2D eigenvalue weighted by atomic mass is 32.1. The molecule has 0 atom stereocenters. The molecule has 0 unspecified atom stereocenters. The number of benzene rings is 3. The monoisotopic (exact) mass is 393 g/mol. The summed E-state index contributed by atoms with van der Waals surface area (Å²) in [4.78, 5) is 13.0. The SMILES string of the molecule is COC(=O)C(C(N)=S)=P(c1ccccc1)(c1ccccc1)c1ccccc1. The number of hydrogen-bond acceptors (Lipinski definition) is 3. The third-order valence-electron chi connectivity index (χ3n) is 4.38. The molecule has 0 saturated heterocycles. The molecule has 0 fully saturated rings. The smallest absolute Gasteiger partial charge is 0.341 e. The quantitative estimate of drug-likeness (QED) is 0.411. The number of esters is 1. The summed E-state index contributed by atoms with van der Waals surface area (Å²) in [7, 11) is 1.36. The second kappa shape index (κ2) is 8.34. The average Bonchev–Trinajstić information content (AvgIpc) is 2.73. The van der Waals surface area contributed by atoms with E-state index in [4.69, 9.17) is 22.7 Å². The maximum absolute atomic E-state index is 12.9. The van der Waals surface area contributed by atoms with Gasteiger partial charge in [-0.3, -0.25) is 0 Å². The van der Waals surface area contributed by atoms with Crippen LogP contribution in [0.25, 0.3) is 0 Å². The molecule has 0 aliphatic heterocycles. The second-order valence-electron chi connectivity index (χ2n) is 5.88. The molecule has 0 aliphatic carbocycles. The first-order valence-electron chi connectivity index (χ1n) is 8.44. The highest BCUT2D eigenvalue weighted by Gasteiger charge is 2.34. The second-order valence-corrected chi connectivity index (χ2v) is 9.66. The van der Waals surface area contributed by atoms with Gasteiger partial charge in [0.05, 0.1) is 7.11 Å². The summed E-state index contributed by atoms with van der Waals surface area (Å²) in [6.07, 6.45) is 0. The van der Waals surface area contributed by atoms with E-state index < -0.39 is 12.9 Å². The molecule has 0 spiro atoms. The zero-order valence-electron chi connectivity index (χ0n) is 14.9. The molecule has 27 heavy (non-hydrogen) atoms. The van der Waals surface area contributed by atoms with Gasteiger partial charge in [0.15, 0.2) is 0 Å². The molecule has 0 saturated carbocycles. The number of nitrogens with two attached hydrogens (primary N) is 1. The molecule has 0 amide bonds. The fourth-order valence-corrected chi connectivity index (χ4v) is 8.01. The lowest BCUT2D eigenvalue weighted by molar-refractivity contribution is -0.132. The molecule has 3 aromatic carbocycles. The van der Waals surface area contributed by atoms with Crippen molar-refractivity contribution in [1.29, 1.82) is 0 Å². The molecular weight excluding hydrogens is 373 g/mol. The van der Waals surface area contributed by atoms with Crippen molar-refractivity contribution in [2.75, 3.05) is 7.11 Å².